The third-order valence-corrected chi connectivity index (χ3v) is 9.81. The molecule has 1 saturated carbocycles. The van der Waals surface area contributed by atoms with E-state index < -0.39 is 29.5 Å². The molecule has 0 bridgehead atoms. The maximum Gasteiger partial charge on any atom is 0.345 e. The number of methoxy groups -OCH3 is 1. The molecule has 286 valence electrons. The highest BCUT2D eigenvalue weighted by molar-refractivity contribution is 6.34. The molecule has 2 atom stereocenters. The summed E-state index contributed by atoms with van der Waals surface area (Å²) in [5, 5.41) is 51.6. The van der Waals surface area contributed by atoms with Crippen LogP contribution in [-0.4, -0.2) is 75.5 Å². The zero-order chi connectivity index (χ0) is 39.3. The number of carbonyl (C=O) groups is 3. The number of phenols is 1. The summed E-state index contributed by atoms with van der Waals surface area (Å²) in [5.74, 6) is -1.77. The average Bonchev–Trinajstić information content (AvgIpc) is 3.16. The Kier molecular flexibility index (Phi) is 11.7. The number of carboxylic acids is 1. The largest absolute Gasteiger partial charge is 0.506 e. The van der Waals surface area contributed by atoms with Gasteiger partial charge in [-0.3, -0.25) is 14.4 Å². The first-order valence-electron chi connectivity index (χ1n) is 17.3. The minimum Gasteiger partial charge on any atom is -0.506 e. The van der Waals surface area contributed by atoms with Gasteiger partial charge in [-0.2, -0.15) is 0 Å². The van der Waals surface area contributed by atoms with Crippen molar-refractivity contribution in [1.29, 1.82) is 0 Å². The number of aliphatic hydroxyl groups excluding tert-OH is 1. The maximum atomic E-state index is 13.2. The molecule has 1 aliphatic rings. The third kappa shape index (κ3) is 8.58. The Morgan fingerprint density at radius 3 is 2.40 bits per heavy atom. The van der Waals surface area contributed by atoms with Gasteiger partial charge in [-0.25, -0.2) is 4.79 Å². The van der Waals surface area contributed by atoms with Crippen molar-refractivity contribution in [3.63, 3.8) is 0 Å². The number of hydrogen-bond acceptors (Lipinski definition) is 10. The molecule has 1 heterocycles. The summed E-state index contributed by atoms with van der Waals surface area (Å²) < 4.78 is 11.1. The van der Waals surface area contributed by atoms with Gasteiger partial charge in [0.15, 0.2) is 6.61 Å². The number of carboxylic acid groups (broad SMARTS) is 1. The minimum absolute atomic E-state index is 0.0718. The highest BCUT2D eigenvalue weighted by Gasteiger charge is 2.40. The van der Waals surface area contributed by atoms with E-state index in [1.54, 1.807) is 36.4 Å². The fourth-order valence-corrected chi connectivity index (χ4v) is 6.81. The normalized spacial score (nSPS) is 16.7. The van der Waals surface area contributed by atoms with Gasteiger partial charge in [-0.1, -0.05) is 60.1 Å². The van der Waals surface area contributed by atoms with Crippen molar-refractivity contribution in [2.75, 3.05) is 20.3 Å². The number of hydrogen-bond donors (Lipinski definition) is 8. The molecule has 8 N–H and O–H groups in total. The zero-order valence-corrected chi connectivity index (χ0v) is 30.3. The number of fused-ring (bicyclic) bond motifs is 1. The number of benzene rings is 4. The van der Waals surface area contributed by atoms with Crippen molar-refractivity contribution in [1.82, 2.24) is 20.9 Å². The van der Waals surface area contributed by atoms with Crippen molar-refractivity contribution in [3.8, 4) is 17.2 Å². The molecule has 4 aromatic carbocycles. The lowest BCUT2D eigenvalue weighted by Crippen LogP contribution is -2.54. The van der Waals surface area contributed by atoms with E-state index in [4.69, 9.17) is 21.1 Å². The number of rotatable bonds is 15. The number of pyridine rings is 1. The van der Waals surface area contributed by atoms with Crippen LogP contribution in [0.4, 0.5) is 0 Å². The first kappa shape index (κ1) is 38.8. The maximum absolute atomic E-state index is 13.2. The molecule has 0 radical (unpaired) electrons. The summed E-state index contributed by atoms with van der Waals surface area (Å²) in [6.45, 7) is 0.0117. The zero-order valence-electron chi connectivity index (χ0n) is 29.5. The Balaban J connectivity index is 0.975. The summed E-state index contributed by atoms with van der Waals surface area (Å²) in [6, 6.07) is 22.5. The number of amides is 2. The molecule has 0 aliphatic heterocycles. The lowest BCUT2D eigenvalue weighted by molar-refractivity contribution is -0.155. The van der Waals surface area contributed by atoms with E-state index in [-0.39, 0.29) is 76.1 Å². The molecule has 1 aliphatic carbocycles. The number of nitrogens with one attached hydrogen (secondary N) is 4. The molecule has 0 unspecified atom stereocenters. The van der Waals surface area contributed by atoms with E-state index >= 15 is 0 Å². The second kappa shape index (κ2) is 16.6. The minimum atomic E-state index is -2.31. The lowest BCUT2D eigenvalue weighted by Gasteiger charge is -2.36. The summed E-state index contributed by atoms with van der Waals surface area (Å²) in [6.07, 6.45) is -0.0303. The number of aromatic amines is 1. The number of aliphatic hydroxyl groups is 2. The molecule has 1 aromatic heterocycles. The number of aromatic nitrogens is 1. The Hall–Kier alpha value is -5.93. The monoisotopic (exact) mass is 770 g/mol. The van der Waals surface area contributed by atoms with Crippen LogP contribution in [0, 0.1) is 0 Å². The molecule has 55 heavy (non-hydrogen) atoms. The van der Waals surface area contributed by atoms with Gasteiger partial charge in [0.25, 0.3) is 11.8 Å². The van der Waals surface area contributed by atoms with Crippen LogP contribution in [0.15, 0.2) is 95.8 Å². The highest BCUT2D eigenvalue weighted by atomic mass is 35.5. The number of aromatic hydroxyl groups is 1. The topological polar surface area (TPSA) is 220 Å². The molecule has 5 aromatic rings. The summed E-state index contributed by atoms with van der Waals surface area (Å²) in [5.41, 5.74) is -0.849. The van der Waals surface area contributed by atoms with Gasteiger partial charge >= 0.3 is 5.97 Å². The molecule has 0 spiro atoms. The van der Waals surface area contributed by atoms with Crippen LogP contribution < -0.4 is 31.0 Å². The fourth-order valence-electron chi connectivity index (χ4n) is 6.54. The Morgan fingerprint density at radius 2 is 1.67 bits per heavy atom. The van der Waals surface area contributed by atoms with Crippen LogP contribution in [0.25, 0.3) is 10.9 Å². The van der Waals surface area contributed by atoms with Gasteiger partial charge < -0.3 is 50.8 Å². The number of aliphatic carboxylic acids is 1. The van der Waals surface area contributed by atoms with Crippen molar-refractivity contribution in [2.24, 2.45) is 0 Å². The highest BCUT2D eigenvalue weighted by Crippen LogP contribution is 2.33. The molecule has 6 rings (SSSR count). The van der Waals surface area contributed by atoms with Gasteiger partial charge in [0.05, 0.1) is 29.3 Å². The number of halogens is 1. The Bertz CT molecular complexity index is 2280. The first-order valence-corrected chi connectivity index (χ1v) is 17.7. The van der Waals surface area contributed by atoms with Gasteiger partial charge in [-0.15, -0.1) is 0 Å². The standard InChI is InChI=1S/C40H39ClN4O10/c1-54-34-18-30(31(41)14-22(34)19-42-20-33(47)28-10-12-32(46)37-29(28)11-13-35(48)45-37)38(50)44-26-16-25(17-26)43-36(49)21-55-27-9-5-8-24(15-27)40(53,39(51)52)23-6-3-2-4-7-23/h2-15,18,25-26,33,42,46-47,53H,16-17,19-21H2,1H3,(H,43,49)(H,44,50)(H,45,48)(H,51,52)/t25-,26-,33-,40-/m0/s1. The quantitative estimate of drug-likeness (QED) is 0.0770. The second-order valence-electron chi connectivity index (χ2n) is 13.2. The smallest absolute Gasteiger partial charge is 0.345 e. The van der Waals surface area contributed by atoms with Crippen LogP contribution in [0.2, 0.25) is 5.02 Å². The predicted octanol–water partition coefficient (Wildman–Crippen LogP) is 3.50. The predicted molar refractivity (Wildman–Crippen MR) is 202 cm³/mol. The lowest BCUT2D eigenvalue weighted by atomic mass is 9.86. The molecule has 15 heteroatoms. The average molecular weight is 771 g/mol. The fraction of sp³-hybridized carbons (Fsp3) is 0.250. The van der Waals surface area contributed by atoms with Crippen molar-refractivity contribution in [3.05, 3.63) is 134 Å². The molecule has 0 saturated heterocycles. The van der Waals surface area contributed by atoms with E-state index in [9.17, 15) is 39.6 Å². The Morgan fingerprint density at radius 1 is 0.945 bits per heavy atom. The van der Waals surface area contributed by atoms with E-state index in [1.807, 2.05) is 0 Å². The van der Waals surface area contributed by atoms with Gasteiger partial charge in [0, 0.05) is 47.8 Å². The number of ether oxygens (including phenoxy) is 2. The van der Waals surface area contributed by atoms with Crippen LogP contribution in [0.3, 0.4) is 0 Å². The van der Waals surface area contributed by atoms with E-state index in [0.29, 0.717) is 35.1 Å². The molecular formula is C40H39ClN4O10. The van der Waals surface area contributed by atoms with Crippen LogP contribution in [-0.2, 0) is 21.7 Å². The number of phenolic OH excluding ortho intramolecular Hbond substituents is 1. The van der Waals surface area contributed by atoms with Gasteiger partial charge in [-0.05, 0) is 60.4 Å². The molecule has 14 nitrogen and oxygen atoms in total. The Labute approximate surface area is 319 Å². The molecular weight excluding hydrogens is 732 g/mol. The summed E-state index contributed by atoms with van der Waals surface area (Å²) in [7, 11) is 1.47. The van der Waals surface area contributed by atoms with Gasteiger partial charge in [0.1, 0.15) is 17.2 Å². The number of H-pyrrole nitrogens is 1. The SMILES string of the molecule is COc1cc(C(=O)N[C@H]2C[C@H](NC(=O)COc3cccc([C@](O)(C(=O)O)c4ccccc4)c3)C2)c(Cl)cc1CNC[C@H](O)c1ccc(O)c2[nH]c(=O)ccc12. The van der Waals surface area contributed by atoms with Crippen molar-refractivity contribution < 1.29 is 44.3 Å². The first-order chi connectivity index (χ1) is 26.4. The van der Waals surface area contributed by atoms with Crippen LogP contribution >= 0.6 is 11.6 Å². The summed E-state index contributed by atoms with van der Waals surface area (Å²) >= 11 is 6.53. The van der Waals surface area contributed by atoms with E-state index in [2.05, 4.69) is 20.9 Å². The molecule has 2 amide bonds. The van der Waals surface area contributed by atoms with Gasteiger partial charge in [0.2, 0.25) is 11.2 Å². The molecule has 1 fully saturated rings. The summed E-state index contributed by atoms with van der Waals surface area (Å²) in [4.78, 5) is 52.2. The van der Waals surface area contributed by atoms with E-state index in [0.717, 1.165) is 0 Å². The van der Waals surface area contributed by atoms with Crippen LogP contribution in [0.1, 0.15) is 51.6 Å². The van der Waals surface area contributed by atoms with Crippen LogP contribution in [0.5, 0.6) is 17.2 Å². The number of carbonyl (C=O) groups excluding carboxylic acids is 2. The van der Waals surface area contributed by atoms with E-state index in [1.165, 1.54) is 61.7 Å². The third-order valence-electron chi connectivity index (χ3n) is 9.49. The van der Waals surface area contributed by atoms with Crippen molar-refractivity contribution in [2.45, 2.75) is 43.2 Å². The van der Waals surface area contributed by atoms with Crippen molar-refractivity contribution >= 4 is 40.3 Å². The second-order valence-corrected chi connectivity index (χ2v) is 13.6.